The van der Waals surface area contributed by atoms with E-state index in [1.165, 1.54) is 11.8 Å². The lowest BCUT2D eigenvalue weighted by Crippen LogP contribution is -2.22. The third-order valence-electron chi connectivity index (χ3n) is 3.22. The molecule has 112 valence electrons. The van der Waals surface area contributed by atoms with Gasteiger partial charge in [-0.2, -0.15) is 0 Å². The van der Waals surface area contributed by atoms with E-state index in [1.54, 1.807) is 18.3 Å². The van der Waals surface area contributed by atoms with Gasteiger partial charge in [-0.25, -0.2) is 9.97 Å². The highest BCUT2D eigenvalue weighted by molar-refractivity contribution is 8.00. The number of nitrogens with zero attached hydrogens (tertiary/aromatic N) is 2. The quantitative estimate of drug-likeness (QED) is 0.586. The van der Waals surface area contributed by atoms with Crippen molar-refractivity contribution in [1.82, 2.24) is 9.97 Å². The van der Waals surface area contributed by atoms with E-state index >= 15 is 0 Å². The van der Waals surface area contributed by atoms with Crippen molar-refractivity contribution < 1.29 is 4.79 Å². The molecule has 3 rings (SSSR count). The highest BCUT2D eigenvalue weighted by atomic mass is 32.2. The lowest BCUT2D eigenvalue weighted by molar-refractivity contribution is -0.117. The molecule has 0 aliphatic rings. The van der Waals surface area contributed by atoms with Crippen LogP contribution in [0.4, 0.5) is 0 Å². The Bertz CT molecular complexity index is 830. The van der Waals surface area contributed by atoms with Crippen LogP contribution in [0.15, 0.2) is 41.4 Å². The minimum atomic E-state index is -0.340. The predicted molar refractivity (Wildman–Crippen MR) is 92.1 cm³/mol. The summed E-state index contributed by atoms with van der Waals surface area (Å²) in [6.07, 6.45) is 0. The molecule has 3 aromatic rings. The molecule has 0 spiro atoms. The molecule has 0 aliphatic carbocycles. The van der Waals surface area contributed by atoms with Crippen LogP contribution < -0.4 is 5.73 Å². The van der Waals surface area contributed by atoms with Gasteiger partial charge in [0.2, 0.25) is 5.91 Å². The average Bonchev–Trinajstić information content (AvgIpc) is 2.92. The van der Waals surface area contributed by atoms with Gasteiger partial charge in [-0.05, 0) is 25.5 Å². The zero-order chi connectivity index (χ0) is 15.7. The molecular formula is C16H15N3OS2. The number of thiophene rings is 1. The largest absolute Gasteiger partial charge is 0.369 e. The normalized spacial score (nSPS) is 12.5. The Morgan fingerprint density at radius 2 is 2.00 bits per heavy atom. The average molecular weight is 329 g/mol. The van der Waals surface area contributed by atoms with E-state index in [2.05, 4.69) is 28.2 Å². The summed E-state index contributed by atoms with van der Waals surface area (Å²) in [4.78, 5) is 22.4. The van der Waals surface area contributed by atoms with E-state index in [4.69, 9.17) is 5.73 Å². The molecule has 6 heteroatoms. The molecule has 22 heavy (non-hydrogen) atoms. The van der Waals surface area contributed by atoms with Gasteiger partial charge >= 0.3 is 0 Å². The minimum Gasteiger partial charge on any atom is -0.369 e. The summed E-state index contributed by atoms with van der Waals surface area (Å²) in [5, 5.41) is 1.47. The number of rotatable bonds is 4. The molecule has 2 aromatic heterocycles. The molecule has 0 fully saturated rings. The summed E-state index contributed by atoms with van der Waals surface area (Å²) in [5.41, 5.74) is 6.52. The van der Waals surface area contributed by atoms with Crippen LogP contribution in [-0.2, 0) is 4.79 Å². The Morgan fingerprint density at radius 1 is 1.27 bits per heavy atom. The maximum atomic E-state index is 11.3. The molecule has 0 radical (unpaired) electrons. The Kier molecular flexibility index (Phi) is 4.13. The molecule has 2 N–H and O–H groups in total. The first kappa shape index (κ1) is 15.0. The summed E-state index contributed by atoms with van der Waals surface area (Å²) < 4.78 is 0. The molecule has 0 aliphatic heterocycles. The van der Waals surface area contributed by atoms with Crippen molar-refractivity contribution in [3.05, 3.63) is 42.2 Å². The maximum absolute atomic E-state index is 11.3. The predicted octanol–water partition coefficient (Wildman–Crippen LogP) is 3.63. The first-order valence-electron chi connectivity index (χ1n) is 6.84. The summed E-state index contributed by atoms with van der Waals surface area (Å²) in [5.74, 6) is 0.362. The van der Waals surface area contributed by atoms with Crippen LogP contribution in [0, 0.1) is 6.92 Å². The molecule has 4 nitrogen and oxygen atoms in total. The Balaban J connectivity index is 2.09. The number of benzene rings is 1. The molecule has 0 saturated heterocycles. The van der Waals surface area contributed by atoms with Crippen molar-refractivity contribution in [2.45, 2.75) is 24.1 Å². The van der Waals surface area contributed by atoms with Gasteiger partial charge < -0.3 is 5.73 Å². The van der Waals surface area contributed by atoms with Crippen LogP contribution in [0.1, 0.15) is 12.7 Å². The van der Waals surface area contributed by atoms with E-state index < -0.39 is 0 Å². The van der Waals surface area contributed by atoms with Gasteiger partial charge in [0.05, 0.1) is 5.25 Å². The summed E-state index contributed by atoms with van der Waals surface area (Å²) in [7, 11) is 0. The second-order valence-electron chi connectivity index (χ2n) is 4.93. The van der Waals surface area contributed by atoms with Gasteiger partial charge in [0.15, 0.2) is 0 Å². The van der Waals surface area contributed by atoms with Crippen LogP contribution in [0.2, 0.25) is 0 Å². The summed E-state index contributed by atoms with van der Waals surface area (Å²) >= 11 is 3.02. The minimum absolute atomic E-state index is 0.322. The highest BCUT2D eigenvalue weighted by Gasteiger charge is 2.17. The van der Waals surface area contributed by atoms with Crippen LogP contribution in [0.5, 0.6) is 0 Å². The standard InChI is InChI=1S/C16H15N3OS2/c1-9(14(17)20)21-15-12-8-13(11-6-4-3-5-7-11)22-16(12)19-10(2)18-15/h3-9H,1-2H3,(H2,17,20). The number of fused-ring (bicyclic) bond motifs is 1. The van der Waals surface area contributed by atoms with E-state index in [1.807, 2.05) is 25.1 Å². The van der Waals surface area contributed by atoms with Crippen LogP contribution in [0.3, 0.4) is 0 Å². The van der Waals surface area contributed by atoms with Gasteiger partial charge in [-0.3, -0.25) is 4.79 Å². The number of primary amides is 1. The molecule has 2 heterocycles. The number of aryl methyl sites for hydroxylation is 1. The van der Waals surface area contributed by atoms with Gasteiger partial charge in [0.25, 0.3) is 0 Å². The monoisotopic (exact) mass is 329 g/mol. The van der Waals surface area contributed by atoms with Gasteiger partial charge in [0.1, 0.15) is 15.7 Å². The smallest absolute Gasteiger partial charge is 0.230 e. The van der Waals surface area contributed by atoms with Crippen molar-refractivity contribution in [2.75, 3.05) is 0 Å². The number of nitrogens with two attached hydrogens (primary N) is 1. The third kappa shape index (κ3) is 2.98. The number of aromatic nitrogens is 2. The van der Waals surface area contributed by atoms with Crippen molar-refractivity contribution >= 4 is 39.2 Å². The topological polar surface area (TPSA) is 68.9 Å². The van der Waals surface area contributed by atoms with E-state index in [0.29, 0.717) is 5.82 Å². The lowest BCUT2D eigenvalue weighted by Gasteiger charge is -2.07. The van der Waals surface area contributed by atoms with E-state index in [9.17, 15) is 4.79 Å². The Labute approximate surface area is 136 Å². The van der Waals surface area contributed by atoms with Gasteiger partial charge in [-0.1, -0.05) is 42.1 Å². The summed E-state index contributed by atoms with van der Waals surface area (Å²) in [6, 6.07) is 12.3. The molecular weight excluding hydrogens is 314 g/mol. The number of hydrogen-bond acceptors (Lipinski definition) is 5. The lowest BCUT2D eigenvalue weighted by atomic mass is 10.2. The third-order valence-corrected chi connectivity index (χ3v) is 5.42. The number of carbonyl (C=O) groups excluding carboxylic acids is 1. The van der Waals surface area contributed by atoms with Gasteiger partial charge in [-0.15, -0.1) is 11.3 Å². The van der Waals surface area contributed by atoms with Crippen molar-refractivity contribution in [1.29, 1.82) is 0 Å². The van der Waals surface area contributed by atoms with Crippen molar-refractivity contribution in [2.24, 2.45) is 5.73 Å². The number of hydrogen-bond donors (Lipinski definition) is 1. The molecule has 1 aromatic carbocycles. The molecule has 1 atom stereocenters. The van der Waals surface area contributed by atoms with Gasteiger partial charge in [0, 0.05) is 10.3 Å². The fourth-order valence-corrected chi connectivity index (χ4v) is 4.12. The second kappa shape index (κ2) is 6.06. The van der Waals surface area contributed by atoms with E-state index in [0.717, 1.165) is 25.7 Å². The first-order valence-corrected chi connectivity index (χ1v) is 8.54. The first-order chi connectivity index (χ1) is 10.5. The van der Waals surface area contributed by atoms with Crippen LogP contribution in [-0.4, -0.2) is 21.1 Å². The number of carbonyl (C=O) groups is 1. The Hall–Kier alpha value is -1.92. The fraction of sp³-hybridized carbons (Fsp3) is 0.188. The SMILES string of the molecule is Cc1nc(SC(C)C(N)=O)c2cc(-c3ccccc3)sc2n1. The van der Waals surface area contributed by atoms with Crippen molar-refractivity contribution in [3.8, 4) is 10.4 Å². The highest BCUT2D eigenvalue weighted by Crippen LogP contribution is 2.37. The molecule has 1 amide bonds. The zero-order valence-electron chi connectivity index (χ0n) is 12.2. The second-order valence-corrected chi connectivity index (χ2v) is 7.29. The number of amides is 1. The Morgan fingerprint density at radius 3 is 2.68 bits per heavy atom. The molecule has 1 unspecified atom stereocenters. The fourth-order valence-electron chi connectivity index (χ4n) is 2.06. The zero-order valence-corrected chi connectivity index (χ0v) is 13.9. The van der Waals surface area contributed by atoms with Crippen LogP contribution >= 0.6 is 23.1 Å². The summed E-state index contributed by atoms with van der Waals surface area (Å²) in [6.45, 7) is 3.65. The maximum Gasteiger partial charge on any atom is 0.230 e. The van der Waals surface area contributed by atoms with Crippen molar-refractivity contribution in [3.63, 3.8) is 0 Å². The molecule has 0 bridgehead atoms. The van der Waals surface area contributed by atoms with E-state index in [-0.39, 0.29) is 11.2 Å². The van der Waals surface area contributed by atoms with Crippen LogP contribution in [0.25, 0.3) is 20.7 Å². The number of thioether (sulfide) groups is 1. The molecule has 0 saturated carbocycles.